The van der Waals surface area contributed by atoms with Crippen molar-refractivity contribution in [3.05, 3.63) is 35.5 Å². The summed E-state index contributed by atoms with van der Waals surface area (Å²) in [6, 6.07) is 8.17. The summed E-state index contributed by atoms with van der Waals surface area (Å²) in [5.41, 5.74) is 2.70. The Morgan fingerprint density at radius 2 is 1.93 bits per heavy atom. The Morgan fingerprint density at radius 3 is 2.71 bits per heavy atom. The highest BCUT2D eigenvalue weighted by molar-refractivity contribution is 6.09. The number of nitrogens with one attached hydrogen (secondary N) is 2. The number of hydrogen-bond donors (Lipinski definition) is 2. The van der Waals surface area contributed by atoms with Crippen molar-refractivity contribution in [3.63, 3.8) is 0 Å². The number of aromatic nitrogens is 1. The van der Waals surface area contributed by atoms with Crippen LogP contribution in [0, 0.1) is 0 Å². The summed E-state index contributed by atoms with van der Waals surface area (Å²) < 4.78 is 7.55. The molecule has 1 aliphatic heterocycles. The zero-order valence-corrected chi connectivity index (χ0v) is 17.1. The lowest BCUT2D eigenvalue weighted by molar-refractivity contribution is 0.0526. The van der Waals surface area contributed by atoms with E-state index in [2.05, 4.69) is 21.3 Å². The van der Waals surface area contributed by atoms with Crippen molar-refractivity contribution in [2.24, 2.45) is 0 Å². The van der Waals surface area contributed by atoms with Crippen LogP contribution >= 0.6 is 0 Å². The normalized spacial score (nSPS) is 13.9. The van der Waals surface area contributed by atoms with Crippen LogP contribution in [0.4, 0.5) is 4.79 Å². The number of alkyl carbamates (subject to hydrolysis) is 1. The number of carbonyl (C=O) groups is 2. The molecule has 6 nitrogen and oxygen atoms in total. The Kier molecular flexibility index (Phi) is 6.27. The van der Waals surface area contributed by atoms with Gasteiger partial charge in [0, 0.05) is 42.7 Å². The smallest absolute Gasteiger partial charge is 0.407 e. The number of aryl methyl sites for hydroxylation is 1. The van der Waals surface area contributed by atoms with E-state index in [1.165, 1.54) is 0 Å². The molecule has 0 fully saturated rings. The van der Waals surface area contributed by atoms with Gasteiger partial charge in [0.2, 0.25) is 0 Å². The minimum absolute atomic E-state index is 0.0458. The Bertz CT molecular complexity index is 849. The van der Waals surface area contributed by atoms with Gasteiger partial charge >= 0.3 is 6.09 Å². The molecule has 1 aromatic heterocycles. The number of amides is 2. The van der Waals surface area contributed by atoms with Crippen LogP contribution in [0.3, 0.4) is 0 Å². The van der Waals surface area contributed by atoms with Gasteiger partial charge in [-0.1, -0.05) is 31.0 Å². The zero-order chi connectivity index (χ0) is 20.1. The van der Waals surface area contributed by atoms with E-state index < -0.39 is 5.60 Å². The first-order valence-electron chi connectivity index (χ1n) is 10.2. The molecule has 0 bridgehead atoms. The molecule has 3 rings (SSSR count). The van der Waals surface area contributed by atoms with E-state index in [0.29, 0.717) is 13.1 Å². The van der Waals surface area contributed by atoms with Gasteiger partial charge in [-0.15, -0.1) is 0 Å². The second-order valence-electron chi connectivity index (χ2n) is 8.34. The highest BCUT2D eigenvalue weighted by Gasteiger charge is 2.25. The van der Waals surface area contributed by atoms with E-state index in [1.54, 1.807) is 0 Å². The fraction of sp³-hybridized carbons (Fsp3) is 0.545. The molecule has 152 valence electrons. The molecule has 2 heterocycles. The number of benzene rings is 1. The van der Waals surface area contributed by atoms with Crippen molar-refractivity contribution < 1.29 is 14.3 Å². The van der Waals surface area contributed by atoms with Crippen LogP contribution < -0.4 is 10.6 Å². The highest BCUT2D eigenvalue weighted by atomic mass is 16.6. The number of hydrogen-bond acceptors (Lipinski definition) is 3. The quantitative estimate of drug-likeness (QED) is 0.707. The average Bonchev–Trinajstić information content (AvgIpc) is 2.94. The van der Waals surface area contributed by atoms with Crippen LogP contribution in [0.15, 0.2) is 24.3 Å². The molecule has 28 heavy (non-hydrogen) atoms. The van der Waals surface area contributed by atoms with Crippen LogP contribution in [0.2, 0.25) is 0 Å². The van der Waals surface area contributed by atoms with Crippen LogP contribution in [-0.4, -0.2) is 35.3 Å². The molecule has 0 saturated heterocycles. The first-order chi connectivity index (χ1) is 13.4. The van der Waals surface area contributed by atoms with E-state index in [1.807, 2.05) is 39.0 Å². The summed E-state index contributed by atoms with van der Waals surface area (Å²) in [6.45, 7) is 7.84. The van der Waals surface area contributed by atoms with E-state index in [9.17, 15) is 9.59 Å². The summed E-state index contributed by atoms with van der Waals surface area (Å²) >= 11 is 0. The Labute approximate surface area is 166 Å². The summed E-state index contributed by atoms with van der Waals surface area (Å²) in [5, 5.41) is 6.82. The van der Waals surface area contributed by atoms with Gasteiger partial charge in [0.1, 0.15) is 5.60 Å². The number of para-hydroxylation sites is 1. The third-order valence-electron chi connectivity index (χ3n) is 4.93. The minimum Gasteiger partial charge on any atom is -0.444 e. The van der Waals surface area contributed by atoms with Gasteiger partial charge in [-0.3, -0.25) is 4.79 Å². The standard InChI is InChI=1S/C22H31N3O3/c1-22(2,3)28-21(27)24-13-8-4-5-9-15-25-17-11-7-6-10-16(17)19-18(25)12-14-23-20(19)26/h6-7,10-11H,4-5,8-9,12-15H2,1-3H3,(H,23,26)(H,24,27). The van der Waals surface area contributed by atoms with Crippen molar-refractivity contribution in [3.8, 4) is 0 Å². The van der Waals surface area contributed by atoms with Crippen molar-refractivity contribution in [1.82, 2.24) is 15.2 Å². The predicted molar refractivity (Wildman–Crippen MR) is 111 cm³/mol. The van der Waals surface area contributed by atoms with E-state index >= 15 is 0 Å². The topological polar surface area (TPSA) is 72.4 Å². The summed E-state index contributed by atoms with van der Waals surface area (Å²) in [7, 11) is 0. The first kappa shape index (κ1) is 20.2. The molecule has 1 aliphatic rings. The molecule has 0 saturated carbocycles. The molecule has 0 radical (unpaired) electrons. The van der Waals surface area contributed by atoms with Crippen LogP contribution in [0.25, 0.3) is 10.9 Å². The molecule has 2 aromatic rings. The van der Waals surface area contributed by atoms with Crippen molar-refractivity contribution in [1.29, 1.82) is 0 Å². The second-order valence-corrected chi connectivity index (χ2v) is 8.34. The van der Waals surface area contributed by atoms with Crippen molar-refractivity contribution in [2.75, 3.05) is 13.1 Å². The minimum atomic E-state index is -0.459. The largest absolute Gasteiger partial charge is 0.444 e. The highest BCUT2D eigenvalue weighted by Crippen LogP contribution is 2.29. The zero-order valence-electron chi connectivity index (χ0n) is 17.1. The predicted octanol–water partition coefficient (Wildman–Crippen LogP) is 4.01. The van der Waals surface area contributed by atoms with Crippen LogP contribution in [-0.2, 0) is 17.7 Å². The maximum absolute atomic E-state index is 12.3. The number of ether oxygens (including phenoxy) is 1. The number of unbranched alkanes of at least 4 members (excludes halogenated alkanes) is 3. The molecule has 0 unspecified atom stereocenters. The molecular formula is C22H31N3O3. The maximum Gasteiger partial charge on any atom is 0.407 e. The molecule has 1 aromatic carbocycles. The van der Waals surface area contributed by atoms with Gasteiger partial charge < -0.3 is 19.9 Å². The lowest BCUT2D eigenvalue weighted by atomic mass is 10.1. The van der Waals surface area contributed by atoms with E-state index in [4.69, 9.17) is 4.74 Å². The maximum atomic E-state index is 12.3. The lowest BCUT2D eigenvalue weighted by Crippen LogP contribution is -2.33. The molecule has 0 spiro atoms. The van der Waals surface area contributed by atoms with Crippen LogP contribution in [0.1, 0.15) is 62.5 Å². The molecule has 2 amide bonds. The van der Waals surface area contributed by atoms with Crippen LogP contribution in [0.5, 0.6) is 0 Å². The third kappa shape index (κ3) is 4.86. The first-order valence-corrected chi connectivity index (χ1v) is 10.2. The second kappa shape index (κ2) is 8.67. The number of fused-ring (bicyclic) bond motifs is 3. The van der Waals surface area contributed by atoms with E-state index in [-0.39, 0.29) is 12.0 Å². The van der Waals surface area contributed by atoms with Gasteiger partial charge in [-0.05, 0) is 39.7 Å². The number of rotatable bonds is 7. The summed E-state index contributed by atoms with van der Waals surface area (Å²) in [4.78, 5) is 24.0. The summed E-state index contributed by atoms with van der Waals surface area (Å²) in [6.07, 6.45) is 4.67. The molecule has 0 atom stereocenters. The Balaban J connectivity index is 1.48. The molecule has 0 aliphatic carbocycles. The monoisotopic (exact) mass is 385 g/mol. The van der Waals surface area contributed by atoms with Gasteiger partial charge in [0.15, 0.2) is 0 Å². The summed E-state index contributed by atoms with van der Waals surface area (Å²) in [5.74, 6) is 0.0458. The average molecular weight is 386 g/mol. The van der Waals surface area contributed by atoms with E-state index in [0.717, 1.165) is 60.8 Å². The van der Waals surface area contributed by atoms with Gasteiger partial charge in [-0.2, -0.15) is 0 Å². The molecule has 2 N–H and O–H groups in total. The van der Waals surface area contributed by atoms with Gasteiger partial charge in [0.05, 0.1) is 5.56 Å². The van der Waals surface area contributed by atoms with Gasteiger partial charge in [-0.25, -0.2) is 4.79 Å². The lowest BCUT2D eigenvalue weighted by Gasteiger charge is -2.19. The third-order valence-corrected chi connectivity index (χ3v) is 4.93. The fourth-order valence-electron chi connectivity index (χ4n) is 3.76. The van der Waals surface area contributed by atoms with Gasteiger partial charge in [0.25, 0.3) is 5.91 Å². The Morgan fingerprint density at radius 1 is 1.18 bits per heavy atom. The SMILES string of the molecule is CC(C)(C)OC(=O)NCCCCCCn1c2c(c3ccccc31)C(=O)NCC2. The number of carbonyl (C=O) groups excluding carboxylic acids is 2. The fourth-order valence-corrected chi connectivity index (χ4v) is 3.76. The number of nitrogens with zero attached hydrogens (tertiary/aromatic N) is 1. The Hall–Kier alpha value is -2.50. The molecular weight excluding hydrogens is 354 g/mol. The van der Waals surface area contributed by atoms with Crippen molar-refractivity contribution in [2.45, 2.75) is 65.0 Å². The van der Waals surface area contributed by atoms with Crippen molar-refractivity contribution >= 4 is 22.9 Å². The molecule has 6 heteroatoms.